The number of nitrogens with zero attached hydrogens (tertiary/aromatic N) is 2. The van der Waals surface area contributed by atoms with Crippen molar-refractivity contribution >= 4 is 50.7 Å². The predicted molar refractivity (Wildman–Crippen MR) is 154 cm³/mol. The van der Waals surface area contributed by atoms with Crippen LogP contribution in [0.5, 0.6) is 0 Å². The molecule has 1 aliphatic rings. The van der Waals surface area contributed by atoms with Crippen LogP contribution < -0.4 is 9.47 Å². The van der Waals surface area contributed by atoms with Gasteiger partial charge in [0.05, 0.1) is 10.8 Å². The topological polar surface area (TPSA) is 7.12 Å². The molecule has 0 spiro atoms. The second-order valence-corrected chi connectivity index (χ2v) is 9.50. The number of para-hydroxylation sites is 2. The van der Waals surface area contributed by atoms with E-state index < -0.39 is 0 Å². The molecule has 0 saturated carbocycles. The van der Waals surface area contributed by atoms with Crippen molar-refractivity contribution in [2.24, 2.45) is 7.05 Å². The third-order valence-electron chi connectivity index (χ3n) is 7.04. The lowest BCUT2D eigenvalue weighted by molar-refractivity contribution is -0.645. The molecule has 1 aromatic heterocycles. The van der Waals surface area contributed by atoms with Crippen molar-refractivity contribution in [3.63, 3.8) is 0 Å². The number of fused-ring (bicyclic) bond motifs is 6. The first-order valence-corrected chi connectivity index (χ1v) is 12.5. The minimum atomic E-state index is 0.671. The molecule has 36 heavy (non-hydrogen) atoms. The van der Waals surface area contributed by atoms with Crippen LogP contribution in [0.4, 0.5) is 5.69 Å². The maximum atomic E-state index is 6.75. The van der Waals surface area contributed by atoms with Gasteiger partial charge in [0.2, 0.25) is 11.2 Å². The van der Waals surface area contributed by atoms with E-state index in [-0.39, 0.29) is 0 Å². The van der Waals surface area contributed by atoms with Crippen LogP contribution in [0.3, 0.4) is 0 Å². The summed E-state index contributed by atoms with van der Waals surface area (Å²) in [6, 6.07) is 34.1. The summed E-state index contributed by atoms with van der Waals surface area (Å²) in [7, 11) is 4.22. The zero-order chi connectivity index (χ0) is 24.6. The molecular weight excluding hydrogens is 460 g/mol. The van der Waals surface area contributed by atoms with Crippen LogP contribution in [-0.4, -0.2) is 7.05 Å². The van der Waals surface area contributed by atoms with Crippen LogP contribution in [0.2, 0.25) is 0 Å². The largest absolute Gasteiger partial charge is 0.344 e. The Morgan fingerprint density at radius 2 is 1.33 bits per heavy atom. The van der Waals surface area contributed by atoms with Gasteiger partial charge in [-0.15, -0.1) is 0 Å². The van der Waals surface area contributed by atoms with Crippen LogP contribution >= 0.6 is 11.6 Å². The number of aryl methyl sites for hydroxylation is 1. The highest BCUT2D eigenvalue weighted by Crippen LogP contribution is 2.43. The first-order chi connectivity index (χ1) is 17.6. The normalized spacial score (nSPS) is 14.6. The average molecular weight is 486 g/mol. The van der Waals surface area contributed by atoms with Gasteiger partial charge < -0.3 is 4.90 Å². The fraction of sp³-hybridized carbons (Fsp3) is 0.0606. The van der Waals surface area contributed by atoms with Gasteiger partial charge in [0, 0.05) is 52.1 Å². The maximum absolute atomic E-state index is 6.75. The molecule has 0 amide bonds. The summed E-state index contributed by atoms with van der Waals surface area (Å²) in [6.07, 6.45) is 8.19. The van der Waals surface area contributed by atoms with Crippen LogP contribution in [-0.2, 0) is 7.05 Å². The van der Waals surface area contributed by atoms with Crippen molar-refractivity contribution in [1.82, 2.24) is 0 Å². The van der Waals surface area contributed by atoms with Crippen molar-refractivity contribution in [3.8, 4) is 11.1 Å². The second-order valence-electron chi connectivity index (χ2n) is 9.07. The minimum absolute atomic E-state index is 0.671. The zero-order valence-corrected chi connectivity index (χ0v) is 21.1. The molecule has 0 radical (unpaired) electrons. The van der Waals surface area contributed by atoms with Crippen molar-refractivity contribution in [3.05, 3.63) is 132 Å². The second kappa shape index (κ2) is 9.14. The van der Waals surface area contributed by atoms with E-state index in [9.17, 15) is 0 Å². The molecule has 5 aromatic rings. The van der Waals surface area contributed by atoms with Crippen molar-refractivity contribution < 1.29 is 4.57 Å². The van der Waals surface area contributed by atoms with E-state index in [0.717, 1.165) is 11.4 Å². The van der Waals surface area contributed by atoms with Gasteiger partial charge in [-0.2, -0.15) is 4.57 Å². The molecule has 0 atom stereocenters. The molecule has 0 unspecified atom stereocenters. The molecule has 0 saturated heterocycles. The van der Waals surface area contributed by atoms with Gasteiger partial charge in [0.1, 0.15) is 7.05 Å². The van der Waals surface area contributed by atoms with Crippen LogP contribution in [0.1, 0.15) is 11.3 Å². The molecule has 0 fully saturated rings. The molecule has 6 rings (SSSR count). The van der Waals surface area contributed by atoms with Crippen LogP contribution in [0.25, 0.3) is 44.6 Å². The number of aromatic nitrogens is 1. The Kier molecular flexibility index (Phi) is 5.67. The summed E-state index contributed by atoms with van der Waals surface area (Å²) in [6.45, 7) is 0. The van der Waals surface area contributed by atoms with Gasteiger partial charge in [-0.1, -0.05) is 84.4 Å². The molecule has 2 nitrogen and oxygen atoms in total. The molecule has 4 aromatic carbocycles. The lowest BCUT2D eigenvalue weighted by Crippen LogP contribution is -2.33. The van der Waals surface area contributed by atoms with Crippen molar-refractivity contribution in [2.75, 3.05) is 11.9 Å². The Hall–Kier alpha value is -4.14. The summed E-state index contributed by atoms with van der Waals surface area (Å²) >= 11 is 6.75. The lowest BCUT2D eigenvalue weighted by Gasteiger charge is -2.32. The number of hydrogen-bond donors (Lipinski definition) is 0. The number of pyridine rings is 1. The first-order valence-electron chi connectivity index (χ1n) is 12.1. The van der Waals surface area contributed by atoms with Gasteiger partial charge in [0.15, 0.2) is 0 Å². The number of anilines is 1. The van der Waals surface area contributed by atoms with Crippen LogP contribution in [0.15, 0.2) is 120 Å². The number of rotatable bonds is 3. The molecule has 0 aliphatic carbocycles. The van der Waals surface area contributed by atoms with Crippen molar-refractivity contribution in [2.45, 2.75) is 0 Å². The van der Waals surface area contributed by atoms with E-state index in [1.54, 1.807) is 0 Å². The number of hydrogen-bond acceptors (Lipinski definition) is 1. The fourth-order valence-corrected chi connectivity index (χ4v) is 5.39. The number of halogens is 1. The van der Waals surface area contributed by atoms with Gasteiger partial charge >= 0.3 is 0 Å². The average Bonchev–Trinajstić information content (AvgIpc) is 2.93. The smallest absolute Gasteiger partial charge is 0.213 e. The molecule has 3 heteroatoms. The molecule has 2 heterocycles. The van der Waals surface area contributed by atoms with Crippen LogP contribution in [0, 0.1) is 0 Å². The summed E-state index contributed by atoms with van der Waals surface area (Å²) in [4.78, 5) is 2.24. The zero-order valence-electron chi connectivity index (χ0n) is 20.3. The Balaban J connectivity index is 1.41. The van der Waals surface area contributed by atoms with Gasteiger partial charge in [-0.25, -0.2) is 0 Å². The highest BCUT2D eigenvalue weighted by atomic mass is 35.5. The van der Waals surface area contributed by atoms with Crippen molar-refractivity contribution in [1.29, 1.82) is 0 Å². The van der Waals surface area contributed by atoms with E-state index in [1.165, 1.54) is 44.1 Å². The van der Waals surface area contributed by atoms with Gasteiger partial charge in [-0.3, -0.25) is 0 Å². The highest BCUT2D eigenvalue weighted by molar-refractivity contribution is 6.31. The Bertz CT molecular complexity index is 1730. The molecule has 0 bridgehead atoms. The molecule has 174 valence electrons. The van der Waals surface area contributed by atoms with Gasteiger partial charge in [-0.05, 0) is 42.0 Å². The third-order valence-corrected chi connectivity index (χ3v) is 7.29. The summed E-state index contributed by atoms with van der Waals surface area (Å²) in [5.74, 6) is 0. The standard InChI is InChI=1S/C33H26ClN2/c1-35-30-17-9-7-15-26(30)24-11-3-5-13-28(24)32(35)21-19-23(34)20-22-33-29-14-6-4-12-25(29)27-16-8-10-18-31(27)36(33)2/h3-22H,1-2H3/q+1. The summed E-state index contributed by atoms with van der Waals surface area (Å²) in [5.41, 5.74) is 8.32. The van der Waals surface area contributed by atoms with E-state index in [0.29, 0.717) is 5.03 Å². The Morgan fingerprint density at radius 3 is 2.14 bits per heavy atom. The third kappa shape index (κ3) is 3.71. The predicted octanol–water partition coefficient (Wildman–Crippen LogP) is 8.11. The maximum Gasteiger partial charge on any atom is 0.213 e. The monoisotopic (exact) mass is 485 g/mol. The summed E-state index contributed by atoms with van der Waals surface area (Å²) < 4.78 is 2.24. The highest BCUT2D eigenvalue weighted by Gasteiger charge is 2.23. The van der Waals surface area contributed by atoms with E-state index in [2.05, 4.69) is 133 Å². The van der Waals surface area contributed by atoms with Gasteiger partial charge in [0.25, 0.3) is 0 Å². The summed E-state index contributed by atoms with van der Waals surface area (Å²) in [5, 5.41) is 4.37. The lowest BCUT2D eigenvalue weighted by atomic mass is 9.91. The van der Waals surface area contributed by atoms with E-state index in [4.69, 9.17) is 11.6 Å². The first kappa shape index (κ1) is 22.3. The molecule has 1 aliphatic heterocycles. The fourth-order valence-electron chi connectivity index (χ4n) is 5.27. The van der Waals surface area contributed by atoms with E-state index >= 15 is 0 Å². The number of allylic oxidation sites excluding steroid dienone is 4. The Morgan fingerprint density at radius 1 is 0.722 bits per heavy atom. The SMILES string of the molecule is CN1C(=CC=C(Cl)C=Cc2c3ccccc3c3ccccc3[n+]2C)c2ccccc2-c2ccccc21. The molecule has 0 N–H and O–H groups in total. The number of benzene rings is 4. The Labute approximate surface area is 216 Å². The van der Waals surface area contributed by atoms with E-state index in [1.807, 2.05) is 12.2 Å². The minimum Gasteiger partial charge on any atom is -0.344 e. The molecular formula is C33H26ClN2+. The quantitative estimate of drug-likeness (QED) is 0.142.